The van der Waals surface area contributed by atoms with Crippen molar-refractivity contribution in [3.05, 3.63) is 119 Å². The van der Waals surface area contributed by atoms with Gasteiger partial charge >= 0.3 is 5.97 Å². The van der Waals surface area contributed by atoms with E-state index < -0.39 is 0 Å². The largest absolute Gasteiger partial charge is 0.497 e. The molecule has 1 unspecified atom stereocenters. The highest BCUT2D eigenvalue weighted by Gasteiger charge is 2.22. The van der Waals surface area contributed by atoms with Gasteiger partial charge in [-0.15, -0.1) is 0 Å². The lowest BCUT2D eigenvalue weighted by Gasteiger charge is -2.24. The average molecular weight is 541 g/mol. The highest BCUT2D eigenvalue weighted by atomic mass is 19.1. The quantitative estimate of drug-likeness (QED) is 0.189. The Labute approximate surface area is 236 Å². The minimum Gasteiger partial charge on any atom is -0.497 e. The van der Waals surface area contributed by atoms with Crippen molar-refractivity contribution in [2.75, 3.05) is 13.7 Å². The maximum absolute atomic E-state index is 15.0. The molecular weight excluding hydrogens is 503 g/mol. The molecule has 1 atom stereocenters. The van der Waals surface area contributed by atoms with Crippen LogP contribution in [0, 0.1) is 5.82 Å². The third-order valence-electron chi connectivity index (χ3n) is 6.92. The lowest BCUT2D eigenvalue weighted by molar-refractivity contribution is -0.143. The lowest BCUT2D eigenvalue weighted by Crippen LogP contribution is -2.13. The number of carbonyl (C=O) groups is 1. The minimum absolute atomic E-state index is 0.112. The molecule has 0 aliphatic carbocycles. The summed E-state index contributed by atoms with van der Waals surface area (Å²) < 4.78 is 31.7. The molecule has 0 bridgehead atoms. The normalized spacial score (nSPS) is 12.1. The maximum atomic E-state index is 15.0. The first-order valence-corrected chi connectivity index (χ1v) is 13.6. The second-order valence-electron chi connectivity index (χ2n) is 10.8. The molecule has 40 heavy (non-hydrogen) atoms. The Morgan fingerprint density at radius 2 is 1.50 bits per heavy atom. The fraction of sp³-hybridized carbons (Fsp3) is 0.286. The van der Waals surface area contributed by atoms with Crippen LogP contribution in [0.25, 0.3) is 11.1 Å². The molecule has 4 aromatic carbocycles. The number of rotatable bonds is 10. The predicted octanol–water partition coefficient (Wildman–Crippen LogP) is 8.46. The monoisotopic (exact) mass is 540 g/mol. The van der Waals surface area contributed by atoms with Crippen LogP contribution in [0.5, 0.6) is 11.5 Å². The summed E-state index contributed by atoms with van der Waals surface area (Å²) in [6, 6.07) is 28.7. The third-order valence-corrected chi connectivity index (χ3v) is 6.92. The first-order valence-electron chi connectivity index (χ1n) is 13.6. The summed E-state index contributed by atoms with van der Waals surface area (Å²) in [5.41, 5.74) is 5.19. The highest BCUT2D eigenvalue weighted by Crippen LogP contribution is 2.37. The molecule has 4 aromatic rings. The second kappa shape index (κ2) is 12.8. The SMILES string of the molecule is CCOC(=O)CC(c1ccccc1)c1ccc(OCc2ccc(C(C)(C)C)c(-c3cc(OC)ccc3F)c2)cc1. The highest BCUT2D eigenvalue weighted by molar-refractivity contribution is 5.72. The molecule has 0 aromatic heterocycles. The van der Waals surface area contributed by atoms with Gasteiger partial charge in [-0.05, 0) is 76.6 Å². The summed E-state index contributed by atoms with van der Waals surface area (Å²) in [6.07, 6.45) is 0.266. The summed E-state index contributed by atoms with van der Waals surface area (Å²) in [5, 5.41) is 0. The summed E-state index contributed by atoms with van der Waals surface area (Å²) >= 11 is 0. The van der Waals surface area contributed by atoms with E-state index in [0.717, 1.165) is 27.8 Å². The molecule has 0 saturated carbocycles. The molecule has 4 nitrogen and oxygen atoms in total. The summed E-state index contributed by atoms with van der Waals surface area (Å²) in [7, 11) is 1.58. The van der Waals surface area contributed by atoms with Crippen LogP contribution >= 0.6 is 0 Å². The van der Waals surface area contributed by atoms with Gasteiger partial charge in [0.25, 0.3) is 0 Å². The molecule has 0 saturated heterocycles. The van der Waals surface area contributed by atoms with Gasteiger partial charge in [-0.25, -0.2) is 4.39 Å². The molecule has 208 valence electrons. The molecule has 0 aliphatic heterocycles. The van der Waals surface area contributed by atoms with Crippen LogP contribution in [-0.2, 0) is 21.6 Å². The van der Waals surface area contributed by atoms with Gasteiger partial charge in [0.1, 0.15) is 23.9 Å². The molecule has 4 rings (SSSR count). The average Bonchev–Trinajstić information content (AvgIpc) is 2.95. The zero-order valence-corrected chi connectivity index (χ0v) is 23.9. The number of benzene rings is 4. The standard InChI is InChI=1S/C35H37FO4/c1-6-39-34(37)22-29(25-10-8-7-9-11-25)26-13-15-27(16-14-26)40-23-24-12-18-32(35(2,3)4)30(20-24)31-21-28(38-5)17-19-33(31)36/h7-21,29H,6,22-23H2,1-5H3. The van der Waals surface area contributed by atoms with E-state index in [1.807, 2.05) is 73.7 Å². The Kier molecular flexibility index (Phi) is 9.26. The van der Waals surface area contributed by atoms with Gasteiger partial charge in [-0.3, -0.25) is 4.79 Å². The lowest BCUT2D eigenvalue weighted by atomic mass is 9.81. The van der Waals surface area contributed by atoms with Gasteiger partial charge in [0, 0.05) is 11.5 Å². The van der Waals surface area contributed by atoms with Crippen LogP contribution in [0.2, 0.25) is 0 Å². The van der Waals surface area contributed by atoms with Crippen molar-refractivity contribution in [3.8, 4) is 22.6 Å². The Balaban J connectivity index is 1.56. The van der Waals surface area contributed by atoms with Gasteiger partial charge in [0.2, 0.25) is 0 Å². The Morgan fingerprint density at radius 1 is 0.825 bits per heavy atom. The fourth-order valence-corrected chi connectivity index (χ4v) is 4.86. The van der Waals surface area contributed by atoms with Gasteiger partial charge < -0.3 is 14.2 Å². The molecular formula is C35H37FO4. The first-order chi connectivity index (χ1) is 19.2. The van der Waals surface area contributed by atoms with E-state index in [-0.39, 0.29) is 29.5 Å². The van der Waals surface area contributed by atoms with E-state index >= 15 is 0 Å². The van der Waals surface area contributed by atoms with Gasteiger partial charge in [-0.2, -0.15) is 0 Å². The number of carbonyl (C=O) groups excluding carboxylic acids is 1. The van der Waals surface area contributed by atoms with E-state index in [9.17, 15) is 9.18 Å². The maximum Gasteiger partial charge on any atom is 0.306 e. The van der Waals surface area contributed by atoms with Crippen molar-refractivity contribution in [1.82, 2.24) is 0 Å². The van der Waals surface area contributed by atoms with Crippen LogP contribution in [-0.4, -0.2) is 19.7 Å². The van der Waals surface area contributed by atoms with Crippen LogP contribution in [0.3, 0.4) is 0 Å². The number of ether oxygens (including phenoxy) is 3. The number of hydrogen-bond donors (Lipinski definition) is 0. The van der Waals surface area contributed by atoms with Crippen LogP contribution in [0.1, 0.15) is 62.3 Å². The molecule has 0 N–H and O–H groups in total. The Bertz CT molecular complexity index is 1420. The van der Waals surface area contributed by atoms with Gasteiger partial charge in [-0.1, -0.05) is 75.4 Å². The summed E-state index contributed by atoms with van der Waals surface area (Å²) in [5.74, 6) is 0.685. The van der Waals surface area contributed by atoms with E-state index in [1.54, 1.807) is 19.2 Å². The Morgan fingerprint density at radius 3 is 2.15 bits per heavy atom. The molecule has 0 spiro atoms. The van der Waals surface area contributed by atoms with Crippen LogP contribution in [0.4, 0.5) is 4.39 Å². The molecule has 0 heterocycles. The zero-order valence-electron chi connectivity index (χ0n) is 23.9. The van der Waals surface area contributed by atoms with Gasteiger partial charge in [0.05, 0.1) is 20.1 Å². The van der Waals surface area contributed by atoms with Gasteiger partial charge in [0.15, 0.2) is 0 Å². The summed E-state index contributed by atoms with van der Waals surface area (Å²) in [6.45, 7) is 8.85. The number of halogens is 1. The molecule has 0 amide bonds. The molecule has 0 aliphatic rings. The van der Waals surface area contributed by atoms with Crippen molar-refractivity contribution in [1.29, 1.82) is 0 Å². The van der Waals surface area contributed by atoms with Crippen LogP contribution in [0.15, 0.2) is 91.0 Å². The zero-order chi connectivity index (χ0) is 28.7. The fourth-order valence-electron chi connectivity index (χ4n) is 4.86. The second-order valence-corrected chi connectivity index (χ2v) is 10.8. The summed E-state index contributed by atoms with van der Waals surface area (Å²) in [4.78, 5) is 12.3. The number of methoxy groups -OCH3 is 1. The molecule has 5 heteroatoms. The van der Waals surface area contributed by atoms with Crippen molar-refractivity contribution >= 4 is 5.97 Å². The number of hydrogen-bond acceptors (Lipinski definition) is 4. The predicted molar refractivity (Wildman–Crippen MR) is 157 cm³/mol. The minimum atomic E-state index is -0.296. The van der Waals surface area contributed by atoms with Crippen molar-refractivity contribution in [2.45, 2.75) is 52.1 Å². The molecule has 0 radical (unpaired) electrons. The first kappa shape index (κ1) is 28.9. The number of esters is 1. The Hall–Kier alpha value is -4.12. The smallest absolute Gasteiger partial charge is 0.306 e. The van der Waals surface area contributed by atoms with Crippen molar-refractivity contribution in [3.63, 3.8) is 0 Å². The van der Waals surface area contributed by atoms with Crippen molar-refractivity contribution in [2.24, 2.45) is 0 Å². The third kappa shape index (κ3) is 7.09. The van der Waals surface area contributed by atoms with E-state index in [4.69, 9.17) is 14.2 Å². The van der Waals surface area contributed by atoms with E-state index in [0.29, 0.717) is 30.3 Å². The van der Waals surface area contributed by atoms with E-state index in [2.05, 4.69) is 26.8 Å². The van der Waals surface area contributed by atoms with Crippen molar-refractivity contribution < 1.29 is 23.4 Å². The van der Waals surface area contributed by atoms with Crippen LogP contribution < -0.4 is 9.47 Å². The van der Waals surface area contributed by atoms with E-state index in [1.165, 1.54) is 6.07 Å². The molecule has 0 fully saturated rings. The topological polar surface area (TPSA) is 44.8 Å².